The van der Waals surface area contributed by atoms with Crippen LogP contribution in [0.25, 0.3) is 0 Å². The van der Waals surface area contributed by atoms with Gasteiger partial charge in [-0.3, -0.25) is 9.97 Å². The number of aromatic hydroxyl groups is 1. The van der Waals surface area contributed by atoms with E-state index in [-0.39, 0.29) is 11.2 Å². The Labute approximate surface area is 262 Å². The predicted molar refractivity (Wildman–Crippen MR) is 184 cm³/mol. The van der Waals surface area contributed by atoms with Crippen molar-refractivity contribution in [3.63, 3.8) is 0 Å². The quantitative estimate of drug-likeness (QED) is 0.169. The smallest absolute Gasteiger partial charge is 0.201 e. The Bertz CT molecular complexity index is 1830. The number of rotatable bonds is 8. The zero-order valence-electron chi connectivity index (χ0n) is 25.8. The number of hydrogen-bond acceptors (Lipinski definition) is 3. The Balaban J connectivity index is 1.65. The number of nitrogens with zero attached hydrogens (tertiary/aromatic N) is 2. The van der Waals surface area contributed by atoms with E-state index in [1.807, 2.05) is 30.5 Å². The Kier molecular flexibility index (Phi) is 7.79. The minimum absolute atomic E-state index is 0.281. The second-order valence-electron chi connectivity index (χ2n) is 12.5. The molecule has 218 valence electrons. The van der Waals surface area contributed by atoms with Crippen molar-refractivity contribution in [1.82, 2.24) is 9.97 Å². The van der Waals surface area contributed by atoms with Gasteiger partial charge in [0.25, 0.3) is 0 Å². The van der Waals surface area contributed by atoms with E-state index >= 15 is 0 Å². The average molecular weight is 591 g/mol. The number of phenols is 1. The van der Waals surface area contributed by atoms with Gasteiger partial charge in [0, 0.05) is 27.9 Å². The molecule has 1 N–H and O–H groups in total. The van der Waals surface area contributed by atoms with E-state index in [9.17, 15) is 5.11 Å². The molecule has 0 saturated heterocycles. The second kappa shape index (κ2) is 11.7. The SMILES string of the molecule is CC(C)(c1cccc([Si](c2ccccc2)(c2ccccc2)c2cccc(C(C)(C)c3ccccc3O)n2)c1)c1ccccn1. The first-order valence-electron chi connectivity index (χ1n) is 15.2. The second-order valence-corrected chi connectivity index (χ2v) is 16.2. The summed E-state index contributed by atoms with van der Waals surface area (Å²) in [6, 6.07) is 51.0. The first-order valence-corrected chi connectivity index (χ1v) is 17.2. The molecule has 3 nitrogen and oxygen atoms in total. The Hall–Kier alpha value is -4.80. The van der Waals surface area contributed by atoms with E-state index < -0.39 is 13.5 Å². The van der Waals surface area contributed by atoms with E-state index in [1.165, 1.54) is 21.1 Å². The molecule has 6 aromatic rings. The molecule has 0 aliphatic carbocycles. The summed E-state index contributed by atoms with van der Waals surface area (Å²) in [6.07, 6.45) is 1.87. The third-order valence-corrected chi connectivity index (χ3v) is 13.7. The maximum atomic E-state index is 10.8. The van der Waals surface area contributed by atoms with Crippen molar-refractivity contribution in [2.45, 2.75) is 38.5 Å². The monoisotopic (exact) mass is 590 g/mol. The van der Waals surface area contributed by atoms with Crippen LogP contribution in [-0.2, 0) is 10.8 Å². The summed E-state index contributed by atoms with van der Waals surface area (Å²) in [4.78, 5) is 10.3. The molecular formula is C40H38N2OSi. The highest BCUT2D eigenvalue weighted by Gasteiger charge is 2.44. The van der Waals surface area contributed by atoms with Crippen LogP contribution in [0.1, 0.15) is 50.2 Å². The molecule has 0 saturated carbocycles. The highest BCUT2D eigenvalue weighted by molar-refractivity contribution is 7.19. The standard InChI is InChI=1S/C40H38N2OSi/c1-39(2,36-25-13-14-28-41-36)30-17-15-22-33(29-30)44(31-18-7-5-8-19-31,32-20-9-6-10-21-32)38-27-16-26-37(42-38)40(3,4)34-23-11-12-24-35(34)43/h5-29,43H,1-4H3. The summed E-state index contributed by atoms with van der Waals surface area (Å²) in [5.74, 6) is 0.281. The van der Waals surface area contributed by atoms with Gasteiger partial charge in [0.2, 0.25) is 8.07 Å². The van der Waals surface area contributed by atoms with Gasteiger partial charge in [0.1, 0.15) is 5.75 Å². The van der Waals surface area contributed by atoms with Gasteiger partial charge in [-0.2, -0.15) is 0 Å². The summed E-state index contributed by atoms with van der Waals surface area (Å²) >= 11 is 0. The first kappa shape index (κ1) is 29.3. The number of aromatic nitrogens is 2. The van der Waals surface area contributed by atoms with E-state index in [1.54, 1.807) is 6.07 Å². The Morgan fingerprint density at radius 3 is 1.73 bits per heavy atom. The van der Waals surface area contributed by atoms with E-state index in [4.69, 9.17) is 9.97 Å². The minimum Gasteiger partial charge on any atom is -0.508 e. The molecular weight excluding hydrogens is 553 g/mol. The lowest BCUT2D eigenvalue weighted by atomic mass is 9.80. The molecule has 4 heteroatoms. The molecule has 0 unspecified atom stereocenters. The number of benzene rings is 4. The maximum Gasteiger partial charge on any atom is 0.201 e. The maximum absolute atomic E-state index is 10.8. The van der Waals surface area contributed by atoms with Crippen molar-refractivity contribution in [3.05, 3.63) is 174 Å². The lowest BCUT2D eigenvalue weighted by Crippen LogP contribution is -2.75. The molecule has 2 aromatic heterocycles. The molecule has 4 aromatic carbocycles. The highest BCUT2D eigenvalue weighted by atomic mass is 28.3. The first-order chi connectivity index (χ1) is 21.3. The van der Waals surface area contributed by atoms with Gasteiger partial charge >= 0.3 is 0 Å². The molecule has 0 aliphatic rings. The van der Waals surface area contributed by atoms with Gasteiger partial charge in [-0.05, 0) is 51.5 Å². The van der Waals surface area contributed by atoms with Gasteiger partial charge in [-0.1, -0.05) is 143 Å². The summed E-state index contributed by atoms with van der Waals surface area (Å²) in [7, 11) is -2.93. The average Bonchev–Trinajstić information content (AvgIpc) is 3.07. The molecule has 0 amide bonds. The van der Waals surface area contributed by atoms with Crippen LogP contribution in [0.2, 0.25) is 0 Å². The van der Waals surface area contributed by atoms with Gasteiger partial charge in [0.15, 0.2) is 0 Å². The van der Waals surface area contributed by atoms with Crippen LogP contribution < -0.4 is 20.9 Å². The Morgan fingerprint density at radius 2 is 1.09 bits per heavy atom. The zero-order chi connectivity index (χ0) is 30.8. The normalized spacial score (nSPS) is 12.2. The lowest BCUT2D eigenvalue weighted by Gasteiger charge is -2.36. The number of pyridine rings is 2. The number of hydrogen-bond donors (Lipinski definition) is 1. The third kappa shape index (κ3) is 5.05. The third-order valence-electron chi connectivity index (χ3n) is 9.09. The van der Waals surface area contributed by atoms with E-state index in [2.05, 4.69) is 143 Å². The van der Waals surface area contributed by atoms with Crippen LogP contribution in [0.3, 0.4) is 0 Å². The van der Waals surface area contributed by atoms with Crippen LogP contribution in [0.15, 0.2) is 152 Å². The van der Waals surface area contributed by atoms with Crippen LogP contribution in [-0.4, -0.2) is 23.1 Å². The fourth-order valence-electron chi connectivity index (χ4n) is 6.47. The number of para-hydroxylation sites is 1. The van der Waals surface area contributed by atoms with E-state index in [0.717, 1.165) is 22.3 Å². The fourth-order valence-corrected chi connectivity index (χ4v) is 11.1. The van der Waals surface area contributed by atoms with Gasteiger partial charge in [0.05, 0.1) is 11.4 Å². The van der Waals surface area contributed by atoms with Crippen LogP contribution >= 0.6 is 0 Å². The van der Waals surface area contributed by atoms with Gasteiger partial charge < -0.3 is 5.11 Å². The van der Waals surface area contributed by atoms with Crippen LogP contribution in [0.5, 0.6) is 5.75 Å². The molecule has 6 rings (SSSR count). The van der Waals surface area contributed by atoms with Crippen molar-refractivity contribution in [2.24, 2.45) is 0 Å². The fraction of sp³-hybridized carbons (Fsp3) is 0.150. The molecule has 0 fully saturated rings. The van der Waals surface area contributed by atoms with Gasteiger partial charge in [-0.25, -0.2) is 0 Å². The molecule has 0 spiro atoms. The molecule has 0 atom stereocenters. The summed E-state index contributed by atoms with van der Waals surface area (Å²) in [6.45, 7) is 8.77. The van der Waals surface area contributed by atoms with E-state index in [0.29, 0.717) is 0 Å². The summed E-state index contributed by atoms with van der Waals surface area (Å²) in [5.41, 5.74) is 3.21. The van der Waals surface area contributed by atoms with Crippen molar-refractivity contribution in [2.75, 3.05) is 0 Å². The lowest BCUT2D eigenvalue weighted by molar-refractivity contribution is 0.451. The zero-order valence-corrected chi connectivity index (χ0v) is 26.8. The largest absolute Gasteiger partial charge is 0.508 e. The minimum atomic E-state index is -2.93. The highest BCUT2D eigenvalue weighted by Crippen LogP contribution is 2.35. The van der Waals surface area contributed by atoms with Crippen molar-refractivity contribution in [1.29, 1.82) is 0 Å². The molecule has 0 bridgehead atoms. The van der Waals surface area contributed by atoms with Crippen molar-refractivity contribution >= 4 is 29.0 Å². The molecule has 0 aliphatic heterocycles. The predicted octanol–water partition coefficient (Wildman–Crippen LogP) is 6.21. The van der Waals surface area contributed by atoms with Crippen LogP contribution in [0, 0.1) is 0 Å². The molecule has 0 radical (unpaired) electrons. The number of phenolic OH excluding ortho intramolecular Hbond substituents is 1. The summed E-state index contributed by atoms with van der Waals surface area (Å²) in [5, 5.41) is 15.7. The van der Waals surface area contributed by atoms with Crippen LogP contribution in [0.4, 0.5) is 0 Å². The topological polar surface area (TPSA) is 46.0 Å². The van der Waals surface area contributed by atoms with Crippen molar-refractivity contribution < 1.29 is 5.11 Å². The Morgan fingerprint density at radius 1 is 0.523 bits per heavy atom. The molecule has 44 heavy (non-hydrogen) atoms. The van der Waals surface area contributed by atoms with Gasteiger partial charge in [-0.15, -0.1) is 0 Å². The van der Waals surface area contributed by atoms with Crippen molar-refractivity contribution in [3.8, 4) is 5.75 Å². The molecule has 2 heterocycles. The summed E-state index contributed by atoms with van der Waals surface area (Å²) < 4.78 is 0.